The molecule has 1 amide bonds. The lowest BCUT2D eigenvalue weighted by Crippen LogP contribution is -2.30. The van der Waals surface area contributed by atoms with Crippen LogP contribution >= 0.6 is 0 Å². The summed E-state index contributed by atoms with van der Waals surface area (Å²) in [6.45, 7) is 6.44. The largest absolute Gasteiger partial charge is 0.507 e. The van der Waals surface area contributed by atoms with Gasteiger partial charge >= 0.3 is 0 Å². The molecule has 1 unspecified atom stereocenters. The summed E-state index contributed by atoms with van der Waals surface area (Å²) >= 11 is 0. The second-order valence-electron chi connectivity index (χ2n) is 9.55. The summed E-state index contributed by atoms with van der Waals surface area (Å²) < 4.78 is 11.5. The fourth-order valence-corrected chi connectivity index (χ4v) is 5.03. The van der Waals surface area contributed by atoms with Crippen LogP contribution in [0.5, 0.6) is 5.75 Å². The van der Waals surface area contributed by atoms with Crippen molar-refractivity contribution < 1.29 is 23.8 Å². The molecule has 1 N–H and O–H groups in total. The molecule has 2 aliphatic heterocycles. The van der Waals surface area contributed by atoms with Crippen LogP contribution in [0.3, 0.4) is 0 Å². The van der Waals surface area contributed by atoms with Crippen molar-refractivity contribution in [2.75, 3.05) is 29.5 Å². The average molecular weight is 501 g/mol. The molecule has 0 aliphatic carbocycles. The van der Waals surface area contributed by atoms with E-state index in [2.05, 4.69) is 4.90 Å². The van der Waals surface area contributed by atoms with E-state index in [0.717, 1.165) is 25.2 Å². The highest BCUT2D eigenvalue weighted by Gasteiger charge is 2.48. The molecule has 37 heavy (non-hydrogen) atoms. The molecule has 1 aromatic heterocycles. The predicted molar refractivity (Wildman–Crippen MR) is 143 cm³/mol. The Balaban J connectivity index is 1.53. The molecule has 3 aromatic rings. The lowest BCUT2D eigenvalue weighted by Gasteiger charge is -2.29. The van der Waals surface area contributed by atoms with Gasteiger partial charge in [0, 0.05) is 30.0 Å². The van der Waals surface area contributed by atoms with Crippen molar-refractivity contribution in [1.82, 2.24) is 0 Å². The highest BCUT2D eigenvalue weighted by Crippen LogP contribution is 2.43. The summed E-state index contributed by atoms with van der Waals surface area (Å²) in [5.41, 5.74) is 2.09. The van der Waals surface area contributed by atoms with E-state index in [1.807, 2.05) is 31.2 Å². The van der Waals surface area contributed by atoms with Gasteiger partial charge in [-0.25, -0.2) is 0 Å². The molecule has 0 saturated carbocycles. The average Bonchev–Trinajstić information content (AvgIpc) is 3.48. The number of hydrogen-bond acceptors (Lipinski definition) is 6. The predicted octanol–water partition coefficient (Wildman–Crippen LogP) is 5.99. The van der Waals surface area contributed by atoms with Crippen LogP contribution in [0.1, 0.15) is 55.7 Å². The van der Waals surface area contributed by atoms with E-state index < -0.39 is 17.7 Å². The maximum absolute atomic E-state index is 13.4. The molecule has 7 nitrogen and oxygen atoms in total. The van der Waals surface area contributed by atoms with Gasteiger partial charge in [-0.2, -0.15) is 0 Å². The van der Waals surface area contributed by atoms with Crippen LogP contribution in [-0.2, 0) is 9.59 Å². The number of hydrogen-bond donors (Lipinski definition) is 1. The first-order chi connectivity index (χ1) is 18.0. The molecule has 7 heteroatoms. The summed E-state index contributed by atoms with van der Waals surface area (Å²) in [4.78, 5) is 30.5. The number of aryl methyl sites for hydroxylation is 1. The quantitative estimate of drug-likeness (QED) is 0.244. The Bertz CT molecular complexity index is 1300. The fourth-order valence-electron chi connectivity index (χ4n) is 5.03. The third-order valence-electron chi connectivity index (χ3n) is 6.92. The Labute approximate surface area is 216 Å². The highest BCUT2D eigenvalue weighted by atomic mass is 16.5. The molecule has 0 radical (unpaired) electrons. The summed E-state index contributed by atoms with van der Waals surface area (Å²) in [6, 6.07) is 17.2. The highest BCUT2D eigenvalue weighted by molar-refractivity contribution is 6.51. The Morgan fingerprint density at radius 3 is 2.24 bits per heavy atom. The van der Waals surface area contributed by atoms with E-state index >= 15 is 0 Å². The zero-order valence-electron chi connectivity index (χ0n) is 21.3. The van der Waals surface area contributed by atoms with Gasteiger partial charge in [0.1, 0.15) is 29.1 Å². The number of furan rings is 1. The summed E-state index contributed by atoms with van der Waals surface area (Å²) in [6.07, 6.45) is 4.46. The molecular weight excluding hydrogens is 468 g/mol. The molecule has 192 valence electrons. The van der Waals surface area contributed by atoms with E-state index in [1.54, 1.807) is 43.3 Å². The number of rotatable bonds is 7. The second kappa shape index (κ2) is 10.5. The van der Waals surface area contributed by atoms with E-state index in [0.29, 0.717) is 35.1 Å². The second-order valence-corrected chi connectivity index (χ2v) is 9.55. The van der Waals surface area contributed by atoms with Crippen molar-refractivity contribution >= 4 is 28.8 Å². The van der Waals surface area contributed by atoms with Crippen LogP contribution in [0.25, 0.3) is 5.76 Å². The first-order valence-electron chi connectivity index (χ1n) is 12.9. The summed E-state index contributed by atoms with van der Waals surface area (Å²) in [7, 11) is 0. The number of piperidine rings is 1. The number of ketones is 1. The standard InChI is InChI=1S/C30H32N2O5/c1-3-19-36-24-14-8-21(9-15-24)28(33)26-27(25-16-7-20(2)37-25)32(30(35)29(26)34)23-12-10-22(11-13-23)31-17-5-4-6-18-31/h7-16,27,33H,3-6,17-19H2,1-2H3/b28-26-. The van der Waals surface area contributed by atoms with Gasteiger partial charge in [0.05, 0.1) is 12.2 Å². The van der Waals surface area contributed by atoms with Crippen molar-refractivity contribution in [1.29, 1.82) is 0 Å². The number of nitrogens with zero attached hydrogens (tertiary/aromatic N) is 2. The summed E-state index contributed by atoms with van der Waals surface area (Å²) in [5.74, 6) is 0.0506. The monoisotopic (exact) mass is 500 g/mol. The molecule has 3 heterocycles. The minimum atomic E-state index is -0.884. The van der Waals surface area contributed by atoms with Gasteiger partial charge in [-0.05, 0) is 93.3 Å². The summed E-state index contributed by atoms with van der Waals surface area (Å²) in [5, 5.41) is 11.3. The number of aliphatic hydroxyl groups excluding tert-OH is 1. The fraction of sp³-hybridized carbons (Fsp3) is 0.333. The van der Waals surface area contributed by atoms with E-state index in [9.17, 15) is 14.7 Å². The third kappa shape index (κ3) is 4.86. The number of carbonyl (C=O) groups is 2. The number of benzene rings is 2. The Hall–Kier alpha value is -4.00. The van der Waals surface area contributed by atoms with Gasteiger partial charge in [0.2, 0.25) is 0 Å². The third-order valence-corrected chi connectivity index (χ3v) is 6.92. The number of aliphatic hydroxyl groups is 1. The molecule has 5 rings (SSSR count). The molecule has 2 fully saturated rings. The smallest absolute Gasteiger partial charge is 0.300 e. The SMILES string of the molecule is CCCOc1ccc(/C(O)=C2/C(=O)C(=O)N(c3ccc(N4CCCCC4)cc3)C2c2ccc(C)o2)cc1. The van der Waals surface area contributed by atoms with Gasteiger partial charge in [-0.3, -0.25) is 14.5 Å². The van der Waals surface area contributed by atoms with Gasteiger partial charge < -0.3 is 19.2 Å². The Morgan fingerprint density at radius 2 is 1.62 bits per heavy atom. The maximum atomic E-state index is 13.4. The molecule has 2 aliphatic rings. The van der Waals surface area contributed by atoms with Crippen LogP contribution in [0.2, 0.25) is 0 Å². The molecule has 2 saturated heterocycles. The lowest BCUT2D eigenvalue weighted by atomic mass is 9.99. The first-order valence-corrected chi connectivity index (χ1v) is 12.9. The van der Waals surface area contributed by atoms with Gasteiger partial charge in [0.15, 0.2) is 0 Å². The number of ether oxygens (including phenoxy) is 1. The van der Waals surface area contributed by atoms with Crippen molar-refractivity contribution in [3.05, 3.63) is 83.3 Å². The van der Waals surface area contributed by atoms with Crippen LogP contribution in [-0.4, -0.2) is 36.5 Å². The van der Waals surface area contributed by atoms with Gasteiger partial charge in [0.25, 0.3) is 11.7 Å². The molecule has 2 aromatic carbocycles. The van der Waals surface area contributed by atoms with Crippen molar-refractivity contribution in [2.24, 2.45) is 0 Å². The van der Waals surface area contributed by atoms with Crippen LogP contribution in [0.4, 0.5) is 11.4 Å². The number of anilines is 2. The van der Waals surface area contributed by atoms with Crippen molar-refractivity contribution in [2.45, 2.75) is 45.6 Å². The number of amides is 1. The van der Waals surface area contributed by atoms with E-state index in [1.165, 1.54) is 24.2 Å². The van der Waals surface area contributed by atoms with E-state index in [-0.39, 0.29) is 11.3 Å². The molecular formula is C30H32N2O5. The van der Waals surface area contributed by atoms with Crippen LogP contribution in [0.15, 0.2) is 70.7 Å². The Kier molecular flexibility index (Phi) is 7.04. The van der Waals surface area contributed by atoms with Gasteiger partial charge in [-0.1, -0.05) is 6.92 Å². The Morgan fingerprint density at radius 1 is 0.946 bits per heavy atom. The molecule has 0 bridgehead atoms. The van der Waals surface area contributed by atoms with Crippen molar-refractivity contribution in [3.63, 3.8) is 0 Å². The van der Waals surface area contributed by atoms with Crippen molar-refractivity contribution in [3.8, 4) is 5.75 Å². The first kappa shape index (κ1) is 24.7. The van der Waals surface area contributed by atoms with Crippen LogP contribution in [0, 0.1) is 6.92 Å². The van der Waals surface area contributed by atoms with E-state index in [4.69, 9.17) is 9.15 Å². The molecule has 1 atom stereocenters. The topological polar surface area (TPSA) is 83.2 Å². The van der Waals surface area contributed by atoms with Crippen LogP contribution < -0.4 is 14.5 Å². The minimum Gasteiger partial charge on any atom is -0.507 e. The lowest BCUT2D eigenvalue weighted by molar-refractivity contribution is -0.132. The minimum absolute atomic E-state index is 0.00156. The zero-order valence-corrected chi connectivity index (χ0v) is 21.3. The number of Topliss-reactive ketones (excluding diaryl/α,β-unsaturated/α-hetero) is 1. The van der Waals surface area contributed by atoms with Gasteiger partial charge in [-0.15, -0.1) is 0 Å². The zero-order chi connectivity index (χ0) is 25.9. The normalized spacial score (nSPS) is 19.5. The maximum Gasteiger partial charge on any atom is 0.300 e. The number of carbonyl (C=O) groups excluding carboxylic acids is 2. The molecule has 0 spiro atoms.